The summed E-state index contributed by atoms with van der Waals surface area (Å²) in [6.07, 6.45) is -0.569. The van der Waals surface area contributed by atoms with E-state index < -0.39 is 6.09 Å². The van der Waals surface area contributed by atoms with E-state index in [9.17, 15) is 9.59 Å². The molecule has 0 saturated carbocycles. The summed E-state index contributed by atoms with van der Waals surface area (Å²) in [5, 5.41) is 7.77. The first-order valence-electron chi connectivity index (χ1n) is 7.45. The SMILES string of the molecule is O=C(Cc1c(Cl)cc(Cl)cc1Cl)Nc1ccc(C2=NNC(=O)OC2)cc1. The highest BCUT2D eigenvalue weighted by Crippen LogP contribution is 2.29. The van der Waals surface area contributed by atoms with Gasteiger partial charge in [0.05, 0.1) is 6.42 Å². The number of carbonyl (C=O) groups is 2. The Morgan fingerprint density at radius 2 is 1.81 bits per heavy atom. The standard InChI is InChI=1S/C17H12Cl3N3O3/c18-10-5-13(19)12(14(20)6-10)7-16(24)21-11-3-1-9(2-4-11)15-8-26-17(25)23-22-15/h1-6H,7-8H2,(H,21,24)(H,23,25). The van der Waals surface area contributed by atoms with E-state index >= 15 is 0 Å². The van der Waals surface area contributed by atoms with Crippen LogP contribution in [-0.4, -0.2) is 24.3 Å². The van der Waals surface area contributed by atoms with Gasteiger partial charge in [-0.1, -0.05) is 46.9 Å². The van der Waals surface area contributed by atoms with Crippen molar-refractivity contribution in [3.05, 3.63) is 62.6 Å². The predicted molar refractivity (Wildman–Crippen MR) is 101 cm³/mol. The molecule has 2 N–H and O–H groups in total. The van der Waals surface area contributed by atoms with E-state index in [0.717, 1.165) is 5.56 Å². The summed E-state index contributed by atoms with van der Waals surface area (Å²) in [7, 11) is 0. The van der Waals surface area contributed by atoms with Crippen molar-refractivity contribution >= 4 is 58.2 Å². The Bertz CT molecular complexity index is 875. The number of benzene rings is 2. The smallest absolute Gasteiger partial charge is 0.428 e. The molecule has 0 fully saturated rings. The van der Waals surface area contributed by atoms with Gasteiger partial charge in [0.1, 0.15) is 12.3 Å². The van der Waals surface area contributed by atoms with Crippen molar-refractivity contribution in [2.45, 2.75) is 6.42 Å². The van der Waals surface area contributed by atoms with Crippen LogP contribution in [0.2, 0.25) is 15.1 Å². The average molecular weight is 413 g/mol. The van der Waals surface area contributed by atoms with E-state index in [1.54, 1.807) is 24.3 Å². The number of halogens is 3. The lowest BCUT2D eigenvalue weighted by atomic mass is 10.1. The van der Waals surface area contributed by atoms with Gasteiger partial charge in [0, 0.05) is 26.3 Å². The van der Waals surface area contributed by atoms with Crippen LogP contribution in [0.4, 0.5) is 10.5 Å². The Labute approximate surface area is 164 Å². The molecule has 6 nitrogen and oxygen atoms in total. The lowest BCUT2D eigenvalue weighted by molar-refractivity contribution is -0.115. The van der Waals surface area contributed by atoms with E-state index in [4.69, 9.17) is 39.5 Å². The molecule has 0 aliphatic carbocycles. The van der Waals surface area contributed by atoms with Gasteiger partial charge in [-0.25, -0.2) is 10.2 Å². The predicted octanol–water partition coefficient (Wildman–Crippen LogP) is 4.27. The summed E-state index contributed by atoms with van der Waals surface area (Å²) in [6.45, 7) is 0.0884. The number of cyclic esters (lactones) is 1. The molecule has 9 heteroatoms. The number of hydrogen-bond donors (Lipinski definition) is 2. The molecule has 0 spiro atoms. The maximum absolute atomic E-state index is 12.2. The third-order valence-corrected chi connectivity index (χ3v) is 4.46. The molecule has 0 bridgehead atoms. The van der Waals surface area contributed by atoms with Gasteiger partial charge in [-0.15, -0.1) is 0 Å². The highest BCUT2D eigenvalue weighted by atomic mass is 35.5. The quantitative estimate of drug-likeness (QED) is 0.787. The van der Waals surface area contributed by atoms with Crippen molar-refractivity contribution < 1.29 is 14.3 Å². The third kappa shape index (κ3) is 4.46. The molecule has 0 radical (unpaired) electrons. The topological polar surface area (TPSA) is 79.8 Å². The molecule has 1 aliphatic heterocycles. The molecule has 134 valence electrons. The molecule has 0 unspecified atom stereocenters. The summed E-state index contributed by atoms with van der Waals surface area (Å²) in [5.41, 5.74) is 4.71. The van der Waals surface area contributed by atoms with Gasteiger partial charge in [-0.05, 0) is 29.8 Å². The number of ether oxygens (including phenoxy) is 1. The van der Waals surface area contributed by atoms with Crippen LogP contribution in [-0.2, 0) is 16.0 Å². The minimum atomic E-state index is -0.586. The molecule has 3 rings (SSSR count). The van der Waals surface area contributed by atoms with Gasteiger partial charge in [0.2, 0.25) is 5.91 Å². The number of hydrogen-bond acceptors (Lipinski definition) is 4. The number of hydrazone groups is 1. The van der Waals surface area contributed by atoms with Gasteiger partial charge in [-0.2, -0.15) is 5.10 Å². The highest BCUT2D eigenvalue weighted by molar-refractivity contribution is 6.39. The first-order valence-corrected chi connectivity index (χ1v) is 8.59. The summed E-state index contributed by atoms with van der Waals surface area (Å²) in [5.74, 6) is -0.269. The summed E-state index contributed by atoms with van der Waals surface area (Å²) in [4.78, 5) is 23.2. The van der Waals surface area contributed by atoms with Crippen LogP contribution in [0, 0.1) is 0 Å². The number of amides is 2. The van der Waals surface area contributed by atoms with E-state index in [1.807, 2.05) is 0 Å². The van der Waals surface area contributed by atoms with Crippen LogP contribution < -0.4 is 10.7 Å². The maximum atomic E-state index is 12.2. The summed E-state index contributed by atoms with van der Waals surface area (Å²) < 4.78 is 4.85. The van der Waals surface area contributed by atoms with Crippen LogP contribution in [0.1, 0.15) is 11.1 Å². The fourth-order valence-corrected chi connectivity index (χ4v) is 3.26. The Morgan fingerprint density at radius 1 is 1.15 bits per heavy atom. The maximum Gasteiger partial charge on any atom is 0.428 e. The lowest BCUT2D eigenvalue weighted by Crippen LogP contribution is -2.30. The Balaban J connectivity index is 1.66. The van der Waals surface area contributed by atoms with Gasteiger partial charge in [0.15, 0.2) is 0 Å². The molecule has 2 aromatic carbocycles. The van der Waals surface area contributed by atoms with E-state index in [0.29, 0.717) is 32.0 Å². The van der Waals surface area contributed by atoms with Gasteiger partial charge >= 0.3 is 6.09 Å². The van der Waals surface area contributed by atoms with Crippen molar-refractivity contribution in [2.24, 2.45) is 5.10 Å². The normalized spacial score (nSPS) is 13.5. The summed E-state index contributed by atoms with van der Waals surface area (Å²) >= 11 is 18.1. The second-order valence-electron chi connectivity index (χ2n) is 5.40. The van der Waals surface area contributed by atoms with Crippen LogP contribution in [0.25, 0.3) is 0 Å². The highest BCUT2D eigenvalue weighted by Gasteiger charge is 2.15. The van der Waals surface area contributed by atoms with Crippen molar-refractivity contribution in [3.63, 3.8) is 0 Å². The molecule has 26 heavy (non-hydrogen) atoms. The fraction of sp³-hybridized carbons (Fsp3) is 0.118. The fourth-order valence-electron chi connectivity index (χ4n) is 2.31. The Morgan fingerprint density at radius 3 is 2.38 bits per heavy atom. The van der Waals surface area contributed by atoms with Gasteiger partial charge < -0.3 is 10.1 Å². The Kier molecular flexibility index (Phi) is 5.66. The molecule has 1 aliphatic rings. The lowest BCUT2D eigenvalue weighted by Gasteiger charge is -2.13. The van der Waals surface area contributed by atoms with E-state index in [1.165, 1.54) is 12.1 Å². The first-order chi connectivity index (χ1) is 12.4. The van der Waals surface area contributed by atoms with Gasteiger partial charge in [-0.3, -0.25) is 4.79 Å². The minimum Gasteiger partial charge on any atom is -0.442 e. The van der Waals surface area contributed by atoms with Crippen molar-refractivity contribution in [1.29, 1.82) is 0 Å². The van der Waals surface area contributed by atoms with Crippen molar-refractivity contribution in [1.82, 2.24) is 5.43 Å². The van der Waals surface area contributed by atoms with Crippen molar-refractivity contribution in [2.75, 3.05) is 11.9 Å². The molecule has 0 aromatic heterocycles. The van der Waals surface area contributed by atoms with E-state index in [-0.39, 0.29) is 18.9 Å². The van der Waals surface area contributed by atoms with Gasteiger partial charge in [0.25, 0.3) is 0 Å². The molecular weight excluding hydrogens is 401 g/mol. The monoisotopic (exact) mass is 411 g/mol. The number of nitrogens with one attached hydrogen (secondary N) is 2. The molecule has 0 saturated heterocycles. The number of rotatable bonds is 4. The van der Waals surface area contributed by atoms with Crippen LogP contribution in [0.5, 0.6) is 0 Å². The molecule has 2 aromatic rings. The number of carbonyl (C=O) groups excluding carboxylic acids is 2. The third-order valence-electron chi connectivity index (χ3n) is 3.57. The summed E-state index contributed by atoms with van der Waals surface area (Å²) in [6, 6.07) is 10.0. The van der Waals surface area contributed by atoms with Crippen molar-refractivity contribution in [3.8, 4) is 0 Å². The molecule has 1 heterocycles. The first kappa shape index (κ1) is 18.5. The zero-order valence-electron chi connectivity index (χ0n) is 13.2. The van der Waals surface area contributed by atoms with Crippen LogP contribution in [0.15, 0.2) is 41.5 Å². The zero-order valence-corrected chi connectivity index (χ0v) is 15.5. The van der Waals surface area contributed by atoms with Crippen LogP contribution in [0.3, 0.4) is 0 Å². The van der Waals surface area contributed by atoms with E-state index in [2.05, 4.69) is 15.8 Å². The molecule has 0 atom stereocenters. The second kappa shape index (κ2) is 7.95. The Hall–Kier alpha value is -2.28. The average Bonchev–Trinajstić information content (AvgIpc) is 2.59. The largest absolute Gasteiger partial charge is 0.442 e. The zero-order chi connectivity index (χ0) is 18.7. The number of anilines is 1. The molecule has 2 amide bonds. The minimum absolute atomic E-state index is 0.0170. The van der Waals surface area contributed by atoms with Crippen LogP contribution >= 0.6 is 34.8 Å². The number of nitrogens with zero attached hydrogens (tertiary/aromatic N) is 1. The molecular formula is C17H12Cl3N3O3. The second-order valence-corrected chi connectivity index (χ2v) is 6.65.